The summed E-state index contributed by atoms with van der Waals surface area (Å²) in [5.74, 6) is 0.167. The summed E-state index contributed by atoms with van der Waals surface area (Å²) in [6.07, 6.45) is 2.02. The minimum atomic E-state index is -11.8. The third-order valence-electron chi connectivity index (χ3n) is 1.24. The Labute approximate surface area is 121 Å². The molecule has 0 saturated carbocycles. The van der Waals surface area contributed by atoms with Gasteiger partial charge in [0.25, 0.3) is 0 Å². The van der Waals surface area contributed by atoms with E-state index in [1.165, 1.54) is 19.9 Å². The Hall–Kier alpha value is -0.604. The van der Waals surface area contributed by atoms with E-state index < -0.39 is 32.1 Å². The van der Waals surface area contributed by atoms with Crippen LogP contribution >= 0.6 is 0 Å². The topological polar surface area (TPSA) is 34.1 Å². The van der Waals surface area contributed by atoms with Crippen molar-refractivity contribution in [2.75, 3.05) is 0 Å². The molecule has 2 nitrogen and oxygen atoms in total. The van der Waals surface area contributed by atoms with Gasteiger partial charge in [-0.2, -0.15) is 0 Å². The fourth-order valence-corrected chi connectivity index (χ4v) is 1.30. The molecule has 0 saturated heterocycles. The van der Waals surface area contributed by atoms with Crippen LogP contribution in [0.2, 0.25) is 25.7 Å². The number of carbonyl (C=O) groups is 2. The molecule has 0 aliphatic heterocycles. The molecule has 0 aromatic rings. The molecule has 0 radical (unpaired) electrons. The summed E-state index contributed by atoms with van der Waals surface area (Å²) in [5, 5.41) is 0. The number of ketones is 1. The summed E-state index contributed by atoms with van der Waals surface area (Å²) in [4.78, 5) is 18.7. The molecule has 0 rings (SSSR count). The second-order valence-corrected chi connectivity index (χ2v) is 14.6. The van der Waals surface area contributed by atoms with E-state index in [-0.39, 0.29) is 5.78 Å². The van der Waals surface area contributed by atoms with E-state index in [0.29, 0.717) is 0 Å². The van der Waals surface area contributed by atoms with Crippen molar-refractivity contribution in [3.8, 4) is 0 Å². The predicted molar refractivity (Wildman–Crippen MR) is 72.0 cm³/mol. The number of allylic oxidation sites excluding steroid dienone is 1. The van der Waals surface area contributed by atoms with Crippen molar-refractivity contribution in [1.82, 2.24) is 0 Å². The molecule has 136 valence electrons. The Balaban J connectivity index is -0.000000256. The molecule has 0 N–H and O–H groups in total. The first kappa shape index (κ1) is 25.4. The fraction of sp³-hybridized carbons (Fsp3) is 0.636. The molecule has 10 heteroatoms. The molecule has 0 aliphatic carbocycles. The summed E-state index contributed by atoms with van der Waals surface area (Å²) < 4.78 is 62.4. The molecule has 0 atom stereocenters. The van der Waals surface area contributed by atoms with Crippen molar-refractivity contribution in [3.05, 3.63) is 12.7 Å². The molecule has 0 spiro atoms. The summed E-state index contributed by atoms with van der Waals surface area (Å²) in [7, 11) is -0.775. The zero-order valence-electron chi connectivity index (χ0n) is 12.9. The van der Waals surface area contributed by atoms with Gasteiger partial charge in [0, 0.05) is 8.07 Å². The molecule has 0 unspecified atom stereocenters. The van der Waals surface area contributed by atoms with Crippen LogP contribution < -0.4 is 0 Å². The molecule has 0 bridgehead atoms. The average molecular weight is 393 g/mol. The molecule has 21 heavy (non-hydrogen) atoms. The van der Waals surface area contributed by atoms with Crippen molar-refractivity contribution < 1.29 is 43.3 Å². The number of hydrogen-bond acceptors (Lipinski definition) is 2. The van der Waals surface area contributed by atoms with E-state index in [1.54, 1.807) is 0 Å². The normalized spacial score (nSPS) is 16.3. The van der Waals surface area contributed by atoms with Crippen LogP contribution in [0.5, 0.6) is 0 Å². The first-order valence-corrected chi connectivity index (χ1v) is 11.7. The van der Waals surface area contributed by atoms with Gasteiger partial charge in [-0.3, -0.25) is 0 Å². The van der Waals surface area contributed by atoms with Crippen LogP contribution in [0.4, 0.5) is 21.3 Å². The van der Waals surface area contributed by atoms with Crippen LogP contribution in [0.3, 0.4) is 0 Å². The molecule has 0 amide bonds. The van der Waals surface area contributed by atoms with Gasteiger partial charge >= 0.3 is 50.1 Å². The Bertz CT molecular complexity index is 406. The molecular weight excluding hydrogens is 370 g/mol. The van der Waals surface area contributed by atoms with E-state index in [9.17, 15) is 30.9 Å². The van der Waals surface area contributed by atoms with Crippen LogP contribution in [0.1, 0.15) is 20.8 Å². The molecular formula is C11H23CuF6O2Si. The van der Waals surface area contributed by atoms with Gasteiger partial charge in [0.2, 0.25) is 0 Å². The third-order valence-corrected chi connectivity index (χ3v) is 4.26. The number of halogens is 6. The SMILES string of the molecule is C=CC[Si](C)(C)C.CC(C)=O.C[C](=O)[Cu]([F])([F])([F])([F])([F])[F]. The zero-order chi connectivity index (χ0) is 18.4. The van der Waals surface area contributed by atoms with Crippen molar-refractivity contribution in [2.24, 2.45) is 0 Å². The van der Waals surface area contributed by atoms with Gasteiger partial charge in [-0.25, -0.2) is 0 Å². The number of rotatable bonds is 3. The average Bonchev–Trinajstić information content (AvgIpc) is 1.94. The van der Waals surface area contributed by atoms with Crippen LogP contribution in [0.15, 0.2) is 12.7 Å². The van der Waals surface area contributed by atoms with Gasteiger partial charge < -0.3 is 4.79 Å². The first-order valence-electron chi connectivity index (χ1n) is 5.41. The summed E-state index contributed by atoms with van der Waals surface area (Å²) in [6, 6.07) is 1.24. The van der Waals surface area contributed by atoms with Crippen LogP contribution in [0, 0.1) is 0 Å². The van der Waals surface area contributed by atoms with Gasteiger partial charge in [0.05, 0.1) is 0 Å². The van der Waals surface area contributed by atoms with Crippen molar-refractivity contribution in [2.45, 2.75) is 46.5 Å². The molecule has 0 fully saturated rings. The van der Waals surface area contributed by atoms with E-state index in [2.05, 4.69) is 26.2 Å². The Morgan fingerprint density at radius 3 is 1.14 bits per heavy atom. The van der Waals surface area contributed by atoms with Crippen LogP contribution in [-0.4, -0.2) is 18.5 Å². The van der Waals surface area contributed by atoms with E-state index in [0.717, 1.165) is 0 Å². The molecule has 0 aromatic heterocycles. The summed E-state index contributed by atoms with van der Waals surface area (Å²) >= 11 is -11.8. The number of carbonyl (C=O) groups excluding carboxylic acids is 2. The van der Waals surface area contributed by atoms with Crippen LogP contribution in [0.25, 0.3) is 0 Å². The van der Waals surface area contributed by atoms with Crippen molar-refractivity contribution in [1.29, 1.82) is 0 Å². The first-order chi connectivity index (χ1) is 8.43. The van der Waals surface area contributed by atoms with Crippen molar-refractivity contribution in [3.63, 3.8) is 0 Å². The van der Waals surface area contributed by atoms with E-state index >= 15 is 0 Å². The number of Topliss-reactive ketones (excluding diaryl/α,β-unsaturated/α-hetero) is 1. The summed E-state index contributed by atoms with van der Waals surface area (Å²) in [5.41, 5.74) is 0. The van der Waals surface area contributed by atoms with Gasteiger partial charge in [0.1, 0.15) is 5.78 Å². The molecule has 0 aromatic carbocycles. The van der Waals surface area contributed by atoms with Gasteiger partial charge in [-0.15, -0.1) is 6.58 Å². The Morgan fingerprint density at radius 2 is 1.14 bits per heavy atom. The van der Waals surface area contributed by atoms with Crippen molar-refractivity contribution >= 4 is 18.5 Å². The summed E-state index contributed by atoms with van der Waals surface area (Å²) in [6.45, 7) is 13.2. The second kappa shape index (κ2) is 5.55. The van der Waals surface area contributed by atoms with E-state index in [4.69, 9.17) is 0 Å². The van der Waals surface area contributed by atoms with Crippen LogP contribution in [-0.2, 0) is 22.0 Å². The van der Waals surface area contributed by atoms with Gasteiger partial charge in [0.15, 0.2) is 0 Å². The molecule has 0 aliphatic rings. The fourth-order valence-electron chi connectivity index (χ4n) is 0.433. The Kier molecular flexibility index (Phi) is 6.70. The monoisotopic (exact) mass is 392 g/mol. The Morgan fingerprint density at radius 1 is 0.952 bits per heavy atom. The molecule has 0 heterocycles. The standard InChI is InChI=1S/C6H14Si.C3H6O.C2H3O.Cu.6FH/c1-5-6-7(2,3)4;1-3(2)4;1-2-3;;;;;;;/h5H,1,6H2,2-4H3;1-2H3;1H3;;6*1H/q;;;+6;;;;;;/p-6. The van der Waals surface area contributed by atoms with E-state index in [1.807, 2.05) is 6.08 Å². The second-order valence-electron chi connectivity index (χ2n) is 5.37. The maximum absolute atomic E-state index is 11.8. The maximum atomic E-state index is 11.0. The van der Waals surface area contributed by atoms with Gasteiger partial charge in [-0.05, 0) is 19.9 Å². The predicted octanol–water partition coefficient (Wildman–Crippen LogP) is 5.71. The third kappa shape index (κ3) is 24.8. The van der Waals surface area contributed by atoms with Gasteiger partial charge in [-0.1, -0.05) is 25.7 Å². The minimum absolute atomic E-state index is 0.167. The zero-order valence-corrected chi connectivity index (χ0v) is 14.8. The number of hydrogen-bond donors (Lipinski definition) is 0. The quantitative estimate of drug-likeness (QED) is 0.350.